The number of rotatable bonds is 6. The molecule has 0 aromatic carbocycles. The summed E-state index contributed by atoms with van der Waals surface area (Å²) in [6, 6.07) is 1.94. The van der Waals surface area contributed by atoms with Crippen LogP contribution in [0.2, 0.25) is 0 Å². The van der Waals surface area contributed by atoms with Crippen LogP contribution >= 0.6 is 0 Å². The zero-order valence-corrected chi connectivity index (χ0v) is 13.2. The Morgan fingerprint density at radius 3 is 2.71 bits per heavy atom. The summed E-state index contributed by atoms with van der Waals surface area (Å²) in [5.41, 5.74) is 0.853. The summed E-state index contributed by atoms with van der Waals surface area (Å²) in [7, 11) is 1.93. The maximum atomic E-state index is 12.3. The van der Waals surface area contributed by atoms with Gasteiger partial charge in [-0.3, -0.25) is 4.79 Å². The van der Waals surface area contributed by atoms with Crippen molar-refractivity contribution < 1.29 is 4.74 Å². The van der Waals surface area contributed by atoms with Crippen LogP contribution in [-0.2, 0) is 11.3 Å². The summed E-state index contributed by atoms with van der Waals surface area (Å²) < 4.78 is 6.88. The van der Waals surface area contributed by atoms with Gasteiger partial charge in [0.15, 0.2) is 0 Å². The molecule has 0 aliphatic carbocycles. The Morgan fingerprint density at radius 2 is 2.14 bits per heavy atom. The van der Waals surface area contributed by atoms with Crippen LogP contribution < -0.4 is 15.8 Å². The third-order valence-electron chi connectivity index (χ3n) is 4.30. The largest absolute Gasteiger partial charge is 0.378 e. The first-order valence-corrected chi connectivity index (χ1v) is 7.72. The highest BCUT2D eigenvalue weighted by Crippen LogP contribution is 2.12. The Hall–Kier alpha value is -1.40. The molecule has 1 N–H and O–H groups in total. The molecule has 0 radical (unpaired) electrons. The molecule has 6 nitrogen and oxygen atoms in total. The van der Waals surface area contributed by atoms with Crippen LogP contribution in [0.15, 0.2) is 17.1 Å². The maximum Gasteiger partial charge on any atom is 0.268 e. The van der Waals surface area contributed by atoms with E-state index in [1.807, 2.05) is 7.05 Å². The lowest BCUT2D eigenvalue weighted by Gasteiger charge is -2.28. The quantitative estimate of drug-likeness (QED) is 0.837. The molecule has 0 spiro atoms. The molecule has 6 heteroatoms. The fourth-order valence-corrected chi connectivity index (χ4v) is 2.58. The summed E-state index contributed by atoms with van der Waals surface area (Å²) in [6.07, 6.45) is 2.86. The zero-order valence-electron chi connectivity index (χ0n) is 13.2. The normalized spacial score (nSPS) is 18.5. The lowest BCUT2D eigenvalue weighted by Crippen LogP contribution is -2.41. The SMILES string of the molecule is CCC(C)C(Cn1ncc(N2CCOCC2)cc1=O)NC. The molecule has 2 heterocycles. The van der Waals surface area contributed by atoms with Crippen LogP contribution in [0.25, 0.3) is 0 Å². The monoisotopic (exact) mass is 294 g/mol. The van der Waals surface area contributed by atoms with Gasteiger partial charge in [-0.25, -0.2) is 4.68 Å². The number of morpholine rings is 1. The molecule has 1 aliphatic rings. The van der Waals surface area contributed by atoms with Gasteiger partial charge in [0.2, 0.25) is 0 Å². The van der Waals surface area contributed by atoms with E-state index in [-0.39, 0.29) is 11.6 Å². The first-order valence-electron chi connectivity index (χ1n) is 7.72. The Bertz CT molecular complexity index is 497. The average Bonchev–Trinajstić information content (AvgIpc) is 2.53. The number of hydrogen-bond donors (Lipinski definition) is 1. The van der Waals surface area contributed by atoms with Crippen molar-refractivity contribution in [2.24, 2.45) is 5.92 Å². The molecular weight excluding hydrogens is 268 g/mol. The predicted molar refractivity (Wildman–Crippen MR) is 83.8 cm³/mol. The molecule has 2 atom stereocenters. The molecule has 1 aliphatic heterocycles. The first kappa shape index (κ1) is 16.0. The second kappa shape index (κ2) is 7.56. The third kappa shape index (κ3) is 4.04. The van der Waals surface area contributed by atoms with Crippen molar-refractivity contribution in [3.8, 4) is 0 Å². The number of likely N-dealkylation sites (N-methyl/N-ethyl adjacent to an activating group) is 1. The Balaban J connectivity index is 2.09. The number of anilines is 1. The van der Waals surface area contributed by atoms with Crippen LogP contribution in [0.5, 0.6) is 0 Å². The molecule has 0 amide bonds. The molecular formula is C15H26N4O2. The highest BCUT2D eigenvalue weighted by Gasteiger charge is 2.17. The van der Waals surface area contributed by atoms with E-state index in [0.29, 0.717) is 25.7 Å². The molecule has 21 heavy (non-hydrogen) atoms. The molecule has 1 fully saturated rings. The fraction of sp³-hybridized carbons (Fsp3) is 0.733. The fourth-order valence-electron chi connectivity index (χ4n) is 2.58. The number of aromatic nitrogens is 2. The van der Waals surface area contributed by atoms with E-state index in [1.165, 1.54) is 0 Å². The van der Waals surface area contributed by atoms with Crippen molar-refractivity contribution >= 4 is 5.69 Å². The standard InChI is InChI=1S/C15H26N4O2/c1-4-12(2)14(16-3)11-19-15(20)9-13(10-17-19)18-5-7-21-8-6-18/h9-10,12,14,16H,4-8,11H2,1-3H3. The Morgan fingerprint density at radius 1 is 1.43 bits per heavy atom. The average molecular weight is 294 g/mol. The predicted octanol–water partition coefficient (Wildman–Crippen LogP) is 0.714. The maximum absolute atomic E-state index is 12.3. The number of hydrogen-bond acceptors (Lipinski definition) is 5. The van der Waals surface area contributed by atoms with Gasteiger partial charge in [-0.1, -0.05) is 20.3 Å². The summed E-state index contributed by atoms with van der Waals surface area (Å²) in [5.74, 6) is 0.502. The van der Waals surface area contributed by atoms with Crippen molar-refractivity contribution in [2.75, 3.05) is 38.3 Å². The van der Waals surface area contributed by atoms with Gasteiger partial charge in [0.25, 0.3) is 5.56 Å². The van der Waals surface area contributed by atoms with E-state index >= 15 is 0 Å². The van der Waals surface area contributed by atoms with Crippen molar-refractivity contribution in [3.05, 3.63) is 22.6 Å². The summed E-state index contributed by atoms with van der Waals surface area (Å²) >= 11 is 0. The van der Waals surface area contributed by atoms with E-state index < -0.39 is 0 Å². The summed E-state index contributed by atoms with van der Waals surface area (Å²) in [6.45, 7) is 8.00. The third-order valence-corrected chi connectivity index (χ3v) is 4.30. The van der Waals surface area contributed by atoms with Gasteiger partial charge in [0.1, 0.15) is 0 Å². The molecule has 118 valence electrons. The van der Waals surface area contributed by atoms with E-state index in [4.69, 9.17) is 4.74 Å². The van der Waals surface area contributed by atoms with Gasteiger partial charge >= 0.3 is 0 Å². The zero-order chi connectivity index (χ0) is 15.2. The second-order valence-corrected chi connectivity index (χ2v) is 5.61. The summed E-state index contributed by atoms with van der Waals surface area (Å²) in [4.78, 5) is 14.4. The molecule has 1 aromatic heterocycles. The van der Waals surface area contributed by atoms with Crippen LogP contribution in [0.3, 0.4) is 0 Å². The van der Waals surface area contributed by atoms with Gasteiger partial charge in [0.05, 0.1) is 31.6 Å². The number of nitrogens with zero attached hydrogens (tertiary/aromatic N) is 3. The van der Waals surface area contributed by atoms with Crippen LogP contribution in [-0.4, -0.2) is 49.2 Å². The molecule has 1 aromatic rings. The smallest absolute Gasteiger partial charge is 0.268 e. The van der Waals surface area contributed by atoms with E-state index in [0.717, 1.165) is 25.2 Å². The molecule has 0 bridgehead atoms. The van der Waals surface area contributed by atoms with Crippen molar-refractivity contribution in [3.63, 3.8) is 0 Å². The van der Waals surface area contributed by atoms with Crippen LogP contribution in [0.1, 0.15) is 20.3 Å². The minimum atomic E-state index is -0.0393. The minimum Gasteiger partial charge on any atom is -0.378 e. The van der Waals surface area contributed by atoms with Crippen molar-refractivity contribution in [1.29, 1.82) is 0 Å². The van der Waals surface area contributed by atoms with Crippen molar-refractivity contribution in [2.45, 2.75) is 32.9 Å². The van der Waals surface area contributed by atoms with E-state index in [2.05, 4.69) is 29.2 Å². The van der Waals surface area contributed by atoms with Gasteiger partial charge in [-0.15, -0.1) is 0 Å². The van der Waals surface area contributed by atoms with E-state index in [1.54, 1.807) is 16.9 Å². The molecule has 2 rings (SSSR count). The number of nitrogens with one attached hydrogen (secondary N) is 1. The Labute approximate surface area is 126 Å². The topological polar surface area (TPSA) is 59.4 Å². The van der Waals surface area contributed by atoms with E-state index in [9.17, 15) is 4.79 Å². The minimum absolute atomic E-state index is 0.0393. The lowest BCUT2D eigenvalue weighted by atomic mass is 9.99. The molecule has 2 unspecified atom stereocenters. The first-order chi connectivity index (χ1) is 10.2. The van der Waals surface area contributed by atoms with Gasteiger partial charge in [0, 0.05) is 25.2 Å². The van der Waals surface area contributed by atoms with Gasteiger partial charge in [-0.2, -0.15) is 5.10 Å². The lowest BCUT2D eigenvalue weighted by molar-refractivity contribution is 0.122. The number of ether oxygens (including phenoxy) is 1. The highest BCUT2D eigenvalue weighted by atomic mass is 16.5. The Kier molecular flexibility index (Phi) is 5.76. The van der Waals surface area contributed by atoms with Gasteiger partial charge < -0.3 is 15.0 Å². The highest BCUT2D eigenvalue weighted by molar-refractivity contribution is 5.43. The van der Waals surface area contributed by atoms with Crippen LogP contribution in [0.4, 0.5) is 5.69 Å². The second-order valence-electron chi connectivity index (χ2n) is 5.61. The van der Waals surface area contributed by atoms with Crippen LogP contribution in [0, 0.1) is 5.92 Å². The van der Waals surface area contributed by atoms with Crippen molar-refractivity contribution in [1.82, 2.24) is 15.1 Å². The molecule has 0 saturated carbocycles. The van der Waals surface area contributed by atoms with Gasteiger partial charge in [-0.05, 0) is 13.0 Å². The summed E-state index contributed by atoms with van der Waals surface area (Å²) in [5, 5.41) is 7.62. The molecule has 1 saturated heterocycles.